The summed E-state index contributed by atoms with van der Waals surface area (Å²) in [5, 5.41) is 2.71. The molecular weight excluding hydrogens is 352 g/mol. The van der Waals surface area contributed by atoms with Crippen molar-refractivity contribution in [3.63, 3.8) is 0 Å². The Bertz CT molecular complexity index is 617. The topological polar surface area (TPSA) is 66.5 Å². The molecule has 3 unspecified atom stereocenters. The van der Waals surface area contributed by atoms with Crippen LogP contribution in [0.15, 0.2) is 0 Å². The molecule has 4 rings (SSSR count). The maximum Gasteiger partial charge on any atom is 0.233 e. The Morgan fingerprint density at radius 3 is 2.00 bits per heavy atom. The van der Waals surface area contributed by atoms with Gasteiger partial charge in [-0.05, 0) is 75.5 Å². The lowest BCUT2D eigenvalue weighted by molar-refractivity contribution is -0.143. The van der Waals surface area contributed by atoms with Crippen LogP contribution in [0.25, 0.3) is 0 Å². The van der Waals surface area contributed by atoms with Crippen LogP contribution in [0.5, 0.6) is 0 Å². The minimum atomic E-state index is -0.263. The molecule has 1 aliphatic heterocycles. The number of carbonyl (C=O) groups excluding carboxylic acids is 3. The van der Waals surface area contributed by atoms with E-state index in [1.54, 1.807) is 11.9 Å². The Balaban J connectivity index is 1.36. The SMILES string of the molecule is CNC(=O)C1CCC2C(=O)N(C3CCC(C4CCC(C)CC4)CC3)C(=O)C2C1. The highest BCUT2D eigenvalue weighted by molar-refractivity contribution is 6.05. The van der Waals surface area contributed by atoms with Crippen molar-refractivity contribution in [1.29, 1.82) is 0 Å². The van der Waals surface area contributed by atoms with E-state index >= 15 is 0 Å². The van der Waals surface area contributed by atoms with Crippen molar-refractivity contribution in [2.45, 2.75) is 83.6 Å². The predicted molar refractivity (Wildman–Crippen MR) is 107 cm³/mol. The van der Waals surface area contributed by atoms with E-state index in [2.05, 4.69) is 12.2 Å². The number of rotatable bonds is 3. The van der Waals surface area contributed by atoms with E-state index in [-0.39, 0.29) is 41.5 Å². The second-order valence-corrected chi connectivity index (χ2v) is 9.97. The Morgan fingerprint density at radius 2 is 1.39 bits per heavy atom. The molecular formula is C23H36N2O3. The number of likely N-dealkylation sites (tertiary alicyclic amines) is 1. The molecule has 4 aliphatic rings. The summed E-state index contributed by atoms with van der Waals surface area (Å²) < 4.78 is 0. The summed E-state index contributed by atoms with van der Waals surface area (Å²) in [6, 6.07) is 0.0998. The highest BCUT2D eigenvalue weighted by Crippen LogP contribution is 2.45. The van der Waals surface area contributed by atoms with Gasteiger partial charge in [0.25, 0.3) is 0 Å². The highest BCUT2D eigenvalue weighted by atomic mass is 16.2. The van der Waals surface area contributed by atoms with E-state index in [0.29, 0.717) is 12.8 Å². The summed E-state index contributed by atoms with van der Waals surface area (Å²) in [5.41, 5.74) is 0. The Morgan fingerprint density at radius 1 is 0.821 bits per heavy atom. The van der Waals surface area contributed by atoms with Gasteiger partial charge in [0.2, 0.25) is 17.7 Å². The van der Waals surface area contributed by atoms with Crippen LogP contribution in [0, 0.1) is 35.5 Å². The van der Waals surface area contributed by atoms with Crippen LogP contribution in [0.3, 0.4) is 0 Å². The summed E-state index contributed by atoms with van der Waals surface area (Å²) in [4.78, 5) is 39.8. The number of imide groups is 1. The molecule has 0 spiro atoms. The van der Waals surface area contributed by atoms with Crippen LogP contribution < -0.4 is 5.32 Å². The van der Waals surface area contributed by atoms with Gasteiger partial charge in [0.1, 0.15) is 0 Å². The fourth-order valence-corrected chi connectivity index (χ4v) is 6.60. The summed E-state index contributed by atoms with van der Waals surface area (Å²) >= 11 is 0. The van der Waals surface area contributed by atoms with Gasteiger partial charge in [0, 0.05) is 19.0 Å². The molecule has 1 heterocycles. The summed E-state index contributed by atoms with van der Waals surface area (Å²) in [6.45, 7) is 2.37. The van der Waals surface area contributed by atoms with Crippen molar-refractivity contribution in [2.24, 2.45) is 35.5 Å². The van der Waals surface area contributed by atoms with Crippen molar-refractivity contribution in [3.8, 4) is 0 Å². The van der Waals surface area contributed by atoms with Crippen LogP contribution in [0.1, 0.15) is 77.6 Å². The summed E-state index contributed by atoms with van der Waals surface area (Å²) in [6.07, 6.45) is 11.7. The number of hydrogen-bond donors (Lipinski definition) is 1. The molecule has 156 valence electrons. The van der Waals surface area contributed by atoms with Gasteiger partial charge in [-0.25, -0.2) is 0 Å². The van der Waals surface area contributed by atoms with Crippen molar-refractivity contribution < 1.29 is 14.4 Å². The minimum absolute atomic E-state index is 0.0125. The van der Waals surface area contributed by atoms with Gasteiger partial charge in [0.05, 0.1) is 11.8 Å². The first-order chi connectivity index (χ1) is 13.5. The molecule has 0 aromatic heterocycles. The van der Waals surface area contributed by atoms with Gasteiger partial charge in [0.15, 0.2) is 0 Å². The second-order valence-electron chi connectivity index (χ2n) is 9.97. The van der Waals surface area contributed by atoms with Crippen molar-refractivity contribution in [1.82, 2.24) is 10.2 Å². The molecule has 5 nitrogen and oxygen atoms in total. The number of nitrogens with zero attached hydrogens (tertiary/aromatic N) is 1. The van der Waals surface area contributed by atoms with Crippen LogP contribution in [0.2, 0.25) is 0 Å². The van der Waals surface area contributed by atoms with Crippen LogP contribution >= 0.6 is 0 Å². The Hall–Kier alpha value is -1.39. The summed E-state index contributed by atoms with van der Waals surface area (Å²) in [5.74, 6) is 2.06. The first-order valence-corrected chi connectivity index (χ1v) is 11.6. The largest absolute Gasteiger partial charge is 0.359 e. The van der Waals surface area contributed by atoms with Gasteiger partial charge in [-0.15, -0.1) is 0 Å². The van der Waals surface area contributed by atoms with Gasteiger partial charge < -0.3 is 5.32 Å². The van der Waals surface area contributed by atoms with E-state index in [4.69, 9.17) is 0 Å². The standard InChI is InChI=1S/C23H36N2O3/c1-14-3-5-15(6-4-14)16-7-10-18(11-8-16)25-22(27)19-12-9-17(21(26)24-2)13-20(19)23(25)28/h14-20H,3-13H2,1-2H3,(H,24,26). The van der Waals surface area contributed by atoms with E-state index in [9.17, 15) is 14.4 Å². The molecule has 4 fully saturated rings. The molecule has 1 N–H and O–H groups in total. The Labute approximate surface area is 169 Å². The quantitative estimate of drug-likeness (QED) is 0.752. The smallest absolute Gasteiger partial charge is 0.233 e. The lowest BCUT2D eigenvalue weighted by atomic mass is 9.70. The molecule has 1 saturated heterocycles. The van der Waals surface area contributed by atoms with Crippen molar-refractivity contribution in [2.75, 3.05) is 7.05 Å². The molecule has 3 atom stereocenters. The van der Waals surface area contributed by atoms with Crippen molar-refractivity contribution >= 4 is 17.7 Å². The highest BCUT2D eigenvalue weighted by Gasteiger charge is 2.53. The molecule has 5 heteroatoms. The van der Waals surface area contributed by atoms with Gasteiger partial charge in [-0.3, -0.25) is 19.3 Å². The molecule has 3 amide bonds. The van der Waals surface area contributed by atoms with Gasteiger partial charge in [-0.1, -0.05) is 19.8 Å². The fraction of sp³-hybridized carbons (Fsp3) is 0.870. The molecule has 0 bridgehead atoms. The molecule has 0 radical (unpaired) electrons. The number of amides is 3. The number of nitrogens with one attached hydrogen (secondary N) is 1. The maximum absolute atomic E-state index is 13.1. The zero-order valence-electron chi connectivity index (χ0n) is 17.5. The second kappa shape index (κ2) is 8.16. The summed E-state index contributed by atoms with van der Waals surface area (Å²) in [7, 11) is 1.65. The van der Waals surface area contributed by atoms with E-state index in [1.807, 2.05) is 0 Å². The molecule has 0 aromatic carbocycles. The lowest BCUT2D eigenvalue weighted by Crippen LogP contribution is -2.43. The van der Waals surface area contributed by atoms with Gasteiger partial charge >= 0.3 is 0 Å². The van der Waals surface area contributed by atoms with E-state index in [0.717, 1.165) is 49.9 Å². The zero-order valence-corrected chi connectivity index (χ0v) is 17.5. The maximum atomic E-state index is 13.1. The monoisotopic (exact) mass is 388 g/mol. The van der Waals surface area contributed by atoms with Gasteiger partial charge in [-0.2, -0.15) is 0 Å². The predicted octanol–water partition coefficient (Wildman–Crippen LogP) is 3.52. The Kier molecular flexibility index (Phi) is 5.80. The third kappa shape index (κ3) is 3.61. The average Bonchev–Trinajstić information content (AvgIpc) is 2.98. The lowest BCUT2D eigenvalue weighted by Gasteiger charge is -2.39. The van der Waals surface area contributed by atoms with Crippen molar-refractivity contribution in [3.05, 3.63) is 0 Å². The first-order valence-electron chi connectivity index (χ1n) is 11.6. The first kappa shape index (κ1) is 19.9. The number of carbonyl (C=O) groups is 3. The van der Waals surface area contributed by atoms with Crippen LogP contribution in [0.4, 0.5) is 0 Å². The third-order valence-corrected chi connectivity index (χ3v) is 8.41. The molecule has 3 aliphatic carbocycles. The normalized spacial score (nSPS) is 41.6. The molecule has 0 aromatic rings. The van der Waals surface area contributed by atoms with Crippen LogP contribution in [-0.2, 0) is 14.4 Å². The van der Waals surface area contributed by atoms with Crippen LogP contribution in [-0.4, -0.2) is 35.7 Å². The number of fused-ring (bicyclic) bond motifs is 1. The van der Waals surface area contributed by atoms with E-state index < -0.39 is 0 Å². The molecule has 3 saturated carbocycles. The zero-order chi connectivity index (χ0) is 19.8. The molecule has 28 heavy (non-hydrogen) atoms. The minimum Gasteiger partial charge on any atom is -0.359 e. The van der Waals surface area contributed by atoms with E-state index in [1.165, 1.54) is 25.7 Å². The average molecular weight is 389 g/mol. The number of hydrogen-bond acceptors (Lipinski definition) is 3. The fourth-order valence-electron chi connectivity index (χ4n) is 6.60. The third-order valence-electron chi connectivity index (χ3n) is 8.41.